The number of rotatable bonds is 28. The van der Waals surface area contributed by atoms with Gasteiger partial charge in [-0.05, 0) is 33.1 Å². The number of hydrogen-bond donors (Lipinski definition) is 0. The first-order valence-electron chi connectivity index (χ1n) is 17.3. The van der Waals surface area contributed by atoms with Crippen molar-refractivity contribution in [2.24, 2.45) is 0 Å². The van der Waals surface area contributed by atoms with Crippen LogP contribution in [0.4, 0.5) is 0 Å². The zero-order valence-corrected chi connectivity index (χ0v) is 26.2. The van der Waals surface area contributed by atoms with Gasteiger partial charge >= 0.3 is 0 Å². The van der Waals surface area contributed by atoms with Crippen molar-refractivity contribution in [1.82, 2.24) is 4.57 Å². The molecule has 0 fully saturated rings. The van der Waals surface area contributed by atoms with Crippen molar-refractivity contribution in [2.45, 2.75) is 207 Å². The largest absolute Gasteiger partial charge is 0.256 e. The van der Waals surface area contributed by atoms with Crippen LogP contribution in [0.5, 0.6) is 0 Å². The summed E-state index contributed by atoms with van der Waals surface area (Å²) in [5.41, 5.74) is 0. The third-order valence-corrected chi connectivity index (χ3v) is 8.35. The number of nitrogens with zero attached hydrogens (tertiary/aromatic N) is 2. The van der Waals surface area contributed by atoms with Gasteiger partial charge in [0.15, 0.2) is 0 Å². The lowest BCUT2D eigenvalue weighted by Gasteiger charge is -2.08. The maximum Gasteiger partial charge on any atom is 0.256 e. The molecule has 0 atom stereocenters. The van der Waals surface area contributed by atoms with Crippen LogP contribution >= 0.6 is 0 Å². The van der Waals surface area contributed by atoms with Crippen molar-refractivity contribution >= 4 is 0 Å². The minimum absolute atomic E-state index is 0.570. The molecule has 2 nitrogen and oxygen atoms in total. The van der Waals surface area contributed by atoms with E-state index in [1.807, 2.05) is 0 Å². The molecular weight excluding hydrogens is 448 g/mol. The molecule has 1 rings (SSSR count). The highest BCUT2D eigenvalue weighted by molar-refractivity contribution is 4.86. The van der Waals surface area contributed by atoms with E-state index < -0.39 is 0 Å². The van der Waals surface area contributed by atoms with E-state index in [0.717, 1.165) is 0 Å². The van der Waals surface area contributed by atoms with Crippen molar-refractivity contribution in [3.8, 4) is 0 Å². The van der Waals surface area contributed by atoms with Crippen molar-refractivity contribution in [1.29, 1.82) is 0 Å². The molecule has 0 aliphatic carbocycles. The monoisotopic (exact) mass is 518 g/mol. The van der Waals surface area contributed by atoms with Crippen LogP contribution in [0.25, 0.3) is 0 Å². The minimum Gasteiger partial charge on any atom is -0.234 e. The molecule has 0 aliphatic rings. The van der Waals surface area contributed by atoms with Gasteiger partial charge in [0.05, 0.1) is 12.6 Å². The smallest absolute Gasteiger partial charge is 0.234 e. The summed E-state index contributed by atoms with van der Waals surface area (Å²) in [5.74, 6) is 1.57. The predicted octanol–water partition coefficient (Wildman–Crippen LogP) is 11.7. The van der Waals surface area contributed by atoms with Crippen molar-refractivity contribution < 1.29 is 4.57 Å². The van der Waals surface area contributed by atoms with Crippen LogP contribution in [-0.2, 0) is 13.0 Å². The lowest BCUT2D eigenvalue weighted by atomic mass is 10.0. The second-order valence-electron chi connectivity index (χ2n) is 12.3. The standard InChI is InChI=1S/C35H69N2/c1-5-7-9-11-13-15-16-17-18-19-20-21-22-23-24-26-28-30-35-36(32-33-37(35)34(3)4)31-29-27-25-14-12-10-8-6-2/h32-34H,5-31H2,1-4H3/q+1. The Balaban J connectivity index is 2.04. The Morgan fingerprint density at radius 3 is 1.24 bits per heavy atom. The van der Waals surface area contributed by atoms with E-state index in [9.17, 15) is 0 Å². The Morgan fingerprint density at radius 2 is 0.865 bits per heavy atom. The first-order valence-corrected chi connectivity index (χ1v) is 17.3. The first-order chi connectivity index (χ1) is 18.2. The molecule has 0 bridgehead atoms. The first kappa shape index (κ1) is 34.2. The van der Waals surface area contributed by atoms with Gasteiger partial charge in [0.25, 0.3) is 5.82 Å². The number of hydrogen-bond acceptors (Lipinski definition) is 0. The van der Waals surface area contributed by atoms with Crippen LogP contribution in [0.2, 0.25) is 0 Å². The third kappa shape index (κ3) is 19.0. The fourth-order valence-electron chi connectivity index (χ4n) is 5.84. The Labute approximate surface area is 234 Å². The quantitative estimate of drug-likeness (QED) is 0.0771. The van der Waals surface area contributed by atoms with Gasteiger partial charge in [0, 0.05) is 6.42 Å². The molecule has 0 spiro atoms. The zero-order chi connectivity index (χ0) is 26.8. The van der Waals surface area contributed by atoms with Crippen LogP contribution in [0.15, 0.2) is 12.4 Å². The van der Waals surface area contributed by atoms with Gasteiger partial charge in [0.1, 0.15) is 12.4 Å². The molecule has 0 saturated carbocycles. The van der Waals surface area contributed by atoms with E-state index in [-0.39, 0.29) is 0 Å². The lowest BCUT2D eigenvalue weighted by molar-refractivity contribution is -0.704. The van der Waals surface area contributed by atoms with Gasteiger partial charge in [-0.25, -0.2) is 9.13 Å². The van der Waals surface area contributed by atoms with E-state index >= 15 is 0 Å². The van der Waals surface area contributed by atoms with Gasteiger partial charge in [0.2, 0.25) is 0 Å². The Hall–Kier alpha value is -0.790. The molecule has 37 heavy (non-hydrogen) atoms. The molecule has 0 saturated heterocycles. The summed E-state index contributed by atoms with van der Waals surface area (Å²) in [6.07, 6.45) is 41.8. The van der Waals surface area contributed by atoms with Gasteiger partial charge in [-0.3, -0.25) is 0 Å². The lowest BCUT2D eigenvalue weighted by Crippen LogP contribution is -2.37. The second-order valence-corrected chi connectivity index (χ2v) is 12.3. The van der Waals surface area contributed by atoms with Crippen molar-refractivity contribution in [2.75, 3.05) is 0 Å². The van der Waals surface area contributed by atoms with E-state index in [4.69, 9.17) is 0 Å². The molecule has 2 heteroatoms. The van der Waals surface area contributed by atoms with Gasteiger partial charge in [-0.2, -0.15) is 0 Å². The van der Waals surface area contributed by atoms with E-state index in [2.05, 4.69) is 49.2 Å². The van der Waals surface area contributed by atoms with E-state index in [0.29, 0.717) is 6.04 Å². The average molecular weight is 518 g/mol. The summed E-state index contributed by atoms with van der Waals surface area (Å²) in [7, 11) is 0. The van der Waals surface area contributed by atoms with Crippen LogP contribution in [0.1, 0.15) is 200 Å². The van der Waals surface area contributed by atoms with Crippen molar-refractivity contribution in [3.63, 3.8) is 0 Å². The molecule has 1 aromatic rings. The van der Waals surface area contributed by atoms with Crippen molar-refractivity contribution in [3.05, 3.63) is 18.2 Å². The highest BCUT2D eigenvalue weighted by atomic mass is 15.2. The SMILES string of the molecule is CCCCCCCCCCCCCCCCCCCc1n(C(C)C)cc[n+]1CCCCCCCCCC. The molecule has 1 aromatic heterocycles. The molecular formula is C35H69N2+. The number of imidazole rings is 1. The van der Waals surface area contributed by atoms with Crippen LogP contribution in [-0.4, -0.2) is 4.57 Å². The molecule has 0 aliphatic heterocycles. The molecule has 0 unspecified atom stereocenters. The summed E-state index contributed by atoms with van der Waals surface area (Å²) in [6, 6.07) is 0.570. The Bertz CT molecular complexity index is 588. The highest BCUT2D eigenvalue weighted by Crippen LogP contribution is 2.16. The van der Waals surface area contributed by atoms with Crippen LogP contribution in [0, 0.1) is 0 Å². The Morgan fingerprint density at radius 1 is 0.514 bits per heavy atom. The van der Waals surface area contributed by atoms with Gasteiger partial charge in [-0.1, -0.05) is 155 Å². The molecule has 0 radical (unpaired) electrons. The van der Waals surface area contributed by atoms with Gasteiger partial charge in [-0.15, -0.1) is 0 Å². The predicted molar refractivity (Wildman–Crippen MR) is 165 cm³/mol. The van der Waals surface area contributed by atoms with E-state index in [1.54, 1.807) is 5.82 Å². The fraction of sp³-hybridized carbons (Fsp3) is 0.914. The summed E-state index contributed by atoms with van der Waals surface area (Å²) in [6.45, 7) is 10.5. The summed E-state index contributed by atoms with van der Waals surface area (Å²) in [5, 5.41) is 0. The Kier molecular flexibility index (Phi) is 23.6. The highest BCUT2D eigenvalue weighted by Gasteiger charge is 2.18. The van der Waals surface area contributed by atoms with Crippen LogP contribution < -0.4 is 4.57 Å². The molecule has 0 N–H and O–H groups in total. The van der Waals surface area contributed by atoms with Gasteiger partial charge < -0.3 is 0 Å². The van der Waals surface area contributed by atoms with Crippen LogP contribution in [0.3, 0.4) is 0 Å². The maximum absolute atomic E-state index is 2.57. The number of unbranched alkanes of at least 4 members (excludes halogenated alkanes) is 23. The van der Waals surface area contributed by atoms with E-state index in [1.165, 1.54) is 173 Å². The normalized spacial score (nSPS) is 11.7. The molecule has 0 amide bonds. The molecule has 0 aromatic carbocycles. The topological polar surface area (TPSA) is 8.81 Å². The summed E-state index contributed by atoms with van der Waals surface area (Å²) < 4.78 is 5.10. The maximum atomic E-state index is 2.57. The number of aromatic nitrogens is 2. The third-order valence-electron chi connectivity index (χ3n) is 8.35. The fourth-order valence-corrected chi connectivity index (χ4v) is 5.84. The minimum atomic E-state index is 0.570. The summed E-state index contributed by atoms with van der Waals surface area (Å²) in [4.78, 5) is 0. The number of aryl methyl sites for hydroxylation is 1. The molecule has 218 valence electrons. The second kappa shape index (κ2) is 25.5. The zero-order valence-electron chi connectivity index (χ0n) is 26.2. The summed E-state index contributed by atoms with van der Waals surface area (Å²) >= 11 is 0. The average Bonchev–Trinajstić information content (AvgIpc) is 3.30. The molecule has 1 heterocycles.